The maximum absolute atomic E-state index is 13.6. The molecule has 0 unspecified atom stereocenters. The predicted molar refractivity (Wildman–Crippen MR) is 199 cm³/mol. The summed E-state index contributed by atoms with van der Waals surface area (Å²) in [6.07, 6.45) is 4.60. The van der Waals surface area contributed by atoms with Crippen LogP contribution >= 0.6 is 0 Å². The fraction of sp³-hybridized carbons (Fsp3) is 0.436. The van der Waals surface area contributed by atoms with Gasteiger partial charge in [-0.15, -0.1) is 0 Å². The van der Waals surface area contributed by atoms with Gasteiger partial charge in [-0.05, 0) is 72.6 Å². The van der Waals surface area contributed by atoms with Crippen LogP contribution in [0.25, 0.3) is 44.5 Å². The monoisotopic (exact) mass is 705 g/mol. The van der Waals surface area contributed by atoms with Crippen molar-refractivity contribution in [3.05, 3.63) is 66.4 Å². The molecule has 52 heavy (non-hydrogen) atoms. The summed E-state index contributed by atoms with van der Waals surface area (Å²) >= 11 is 0. The van der Waals surface area contributed by atoms with Crippen LogP contribution in [0.5, 0.6) is 0 Å². The number of amides is 3. The molecule has 2 fully saturated rings. The maximum atomic E-state index is 13.6. The number of methoxy groups -OCH3 is 1. The van der Waals surface area contributed by atoms with Gasteiger partial charge in [0.05, 0.1) is 42.8 Å². The Morgan fingerprint density at radius 2 is 1.48 bits per heavy atom. The lowest BCUT2D eigenvalue weighted by molar-refractivity contribution is -0.136. The van der Waals surface area contributed by atoms with E-state index in [9.17, 15) is 14.4 Å². The van der Waals surface area contributed by atoms with E-state index in [1.807, 2.05) is 50.9 Å². The number of rotatable bonds is 9. The van der Waals surface area contributed by atoms with Gasteiger partial charge in [0.2, 0.25) is 11.8 Å². The van der Waals surface area contributed by atoms with E-state index < -0.39 is 18.2 Å². The number of carbonyl (C=O) groups is 3. The normalized spacial score (nSPS) is 18.8. The van der Waals surface area contributed by atoms with Crippen LogP contribution in [-0.4, -0.2) is 84.9 Å². The molecule has 2 aliphatic rings. The van der Waals surface area contributed by atoms with Crippen LogP contribution in [0, 0.1) is 11.8 Å². The standard InChI is InChI=1S/C39H47N9O4/c1-21(2)32(40)37(49)47-16-6-8-30(47)35-41-20-29(44-35)26-13-11-23-18-25(12-10-24(23)19-26)27-14-15-28-34(42-27)46-36(43-28)31-9-7-17-48(31)38(50)33(22(3)4)45-39(51)52-5/h10-15,18-22,30-33H,6-9,16-17,40H2,1-5H3,(H,41,44)(H,45,51)(H,42,43,46)/t30-,31-,32-,33-/m0/s1. The number of carbonyl (C=O) groups excluding carboxylic acids is 3. The largest absolute Gasteiger partial charge is 0.453 e. The van der Waals surface area contributed by atoms with E-state index in [2.05, 4.69) is 51.7 Å². The number of pyridine rings is 1. The number of likely N-dealkylation sites (tertiary alicyclic amines) is 2. The molecule has 5 aromatic rings. The van der Waals surface area contributed by atoms with Gasteiger partial charge >= 0.3 is 6.09 Å². The highest BCUT2D eigenvalue weighted by molar-refractivity contribution is 5.91. The van der Waals surface area contributed by atoms with Gasteiger partial charge < -0.3 is 35.6 Å². The summed E-state index contributed by atoms with van der Waals surface area (Å²) in [6.45, 7) is 9.02. The molecule has 13 heteroatoms. The quantitative estimate of drug-likeness (QED) is 0.148. The average molecular weight is 706 g/mol. The number of nitrogens with zero attached hydrogens (tertiary/aromatic N) is 5. The summed E-state index contributed by atoms with van der Waals surface area (Å²) in [6, 6.07) is 15.0. The Bertz CT molecular complexity index is 2120. The van der Waals surface area contributed by atoms with Gasteiger partial charge in [0.15, 0.2) is 5.65 Å². The first-order valence-electron chi connectivity index (χ1n) is 18.2. The zero-order valence-corrected chi connectivity index (χ0v) is 30.3. The molecular formula is C39H47N9O4. The van der Waals surface area contributed by atoms with Crippen molar-refractivity contribution < 1.29 is 19.1 Å². The van der Waals surface area contributed by atoms with Crippen molar-refractivity contribution in [3.63, 3.8) is 0 Å². The third-order valence-corrected chi connectivity index (χ3v) is 10.5. The molecule has 0 saturated carbocycles. The predicted octanol–water partition coefficient (Wildman–Crippen LogP) is 5.86. The Hall–Kier alpha value is -5.30. The van der Waals surface area contributed by atoms with Crippen molar-refractivity contribution in [1.29, 1.82) is 0 Å². The Kier molecular flexibility index (Phi) is 9.71. The number of H-pyrrole nitrogens is 2. The van der Waals surface area contributed by atoms with Gasteiger partial charge in [0.25, 0.3) is 0 Å². The highest BCUT2D eigenvalue weighted by Crippen LogP contribution is 2.35. The molecule has 7 rings (SSSR count). The second-order valence-electron chi connectivity index (χ2n) is 14.7. The number of nitrogens with one attached hydrogen (secondary N) is 3. The fourth-order valence-corrected chi connectivity index (χ4v) is 7.44. The van der Waals surface area contributed by atoms with Crippen LogP contribution in [0.2, 0.25) is 0 Å². The summed E-state index contributed by atoms with van der Waals surface area (Å²) in [5.41, 5.74) is 11.3. The lowest BCUT2D eigenvalue weighted by atomic mass is 10.0. The molecule has 0 spiro atoms. The number of benzene rings is 2. The third-order valence-electron chi connectivity index (χ3n) is 10.5. The number of hydrogen-bond acceptors (Lipinski definition) is 8. The molecule has 3 aromatic heterocycles. The second-order valence-corrected chi connectivity index (χ2v) is 14.7. The molecule has 5 N–H and O–H groups in total. The van der Waals surface area contributed by atoms with Crippen LogP contribution in [0.1, 0.15) is 77.1 Å². The van der Waals surface area contributed by atoms with Crippen LogP contribution in [0.3, 0.4) is 0 Å². The number of ether oxygens (including phenoxy) is 1. The number of aromatic nitrogens is 5. The summed E-state index contributed by atoms with van der Waals surface area (Å²) in [5, 5.41) is 4.85. The van der Waals surface area contributed by atoms with Gasteiger partial charge in [0.1, 0.15) is 23.2 Å². The first-order valence-corrected chi connectivity index (χ1v) is 18.2. The summed E-state index contributed by atoms with van der Waals surface area (Å²) in [7, 11) is 1.29. The van der Waals surface area contributed by atoms with E-state index in [4.69, 9.17) is 25.4 Å². The van der Waals surface area contributed by atoms with E-state index in [1.165, 1.54) is 7.11 Å². The number of nitrogens with two attached hydrogens (primary N) is 1. The number of alkyl carbamates (subject to hydrolysis) is 1. The topological polar surface area (TPSA) is 175 Å². The molecule has 3 amide bonds. The molecule has 2 saturated heterocycles. The highest BCUT2D eigenvalue weighted by atomic mass is 16.5. The van der Waals surface area contributed by atoms with E-state index in [1.54, 1.807) is 4.90 Å². The zero-order chi connectivity index (χ0) is 36.7. The van der Waals surface area contributed by atoms with E-state index in [0.29, 0.717) is 24.6 Å². The molecule has 2 aliphatic heterocycles. The minimum atomic E-state index is -0.697. The van der Waals surface area contributed by atoms with E-state index in [-0.39, 0.29) is 35.7 Å². The lowest BCUT2D eigenvalue weighted by Gasteiger charge is -2.29. The summed E-state index contributed by atoms with van der Waals surface area (Å²) in [4.78, 5) is 63.6. The lowest BCUT2D eigenvalue weighted by Crippen LogP contribution is -2.51. The van der Waals surface area contributed by atoms with Crippen molar-refractivity contribution in [2.45, 2.75) is 77.5 Å². The van der Waals surface area contributed by atoms with E-state index in [0.717, 1.165) is 70.3 Å². The first-order chi connectivity index (χ1) is 25.0. The van der Waals surface area contributed by atoms with Crippen molar-refractivity contribution in [2.75, 3.05) is 20.2 Å². The molecule has 0 aliphatic carbocycles. The SMILES string of the molecule is COC(=O)N[C@H](C(=O)N1CCC[C@H]1c1nc2ccc(-c3ccc4cc(-c5cnc([C@@H]6CCCN6C(=O)[C@@H](N)C(C)C)[nH]5)ccc4c3)nc2[nH]1)C(C)C. The van der Waals surface area contributed by atoms with Crippen LogP contribution in [0.4, 0.5) is 4.79 Å². The van der Waals surface area contributed by atoms with Crippen LogP contribution < -0.4 is 11.1 Å². The van der Waals surface area contributed by atoms with Gasteiger partial charge in [-0.2, -0.15) is 0 Å². The Morgan fingerprint density at radius 3 is 2.15 bits per heavy atom. The van der Waals surface area contributed by atoms with Crippen molar-refractivity contribution in [2.24, 2.45) is 17.6 Å². The molecule has 4 atom stereocenters. The fourth-order valence-electron chi connectivity index (χ4n) is 7.44. The molecule has 2 aromatic carbocycles. The molecule has 13 nitrogen and oxygen atoms in total. The Labute approximate surface area is 302 Å². The smallest absolute Gasteiger partial charge is 0.407 e. The molecule has 0 radical (unpaired) electrons. The second kappa shape index (κ2) is 14.4. The van der Waals surface area contributed by atoms with Crippen molar-refractivity contribution in [1.82, 2.24) is 40.0 Å². The van der Waals surface area contributed by atoms with E-state index >= 15 is 0 Å². The Balaban J connectivity index is 1.09. The minimum absolute atomic E-state index is 0.0165. The van der Waals surface area contributed by atoms with Crippen LogP contribution in [0.15, 0.2) is 54.7 Å². The molecule has 5 heterocycles. The molecule has 0 bridgehead atoms. The van der Waals surface area contributed by atoms with Crippen LogP contribution in [-0.2, 0) is 14.3 Å². The minimum Gasteiger partial charge on any atom is -0.453 e. The number of hydrogen-bond donors (Lipinski definition) is 4. The highest BCUT2D eigenvalue weighted by Gasteiger charge is 2.38. The first kappa shape index (κ1) is 35.1. The Morgan fingerprint density at radius 1 is 0.827 bits per heavy atom. The zero-order valence-electron chi connectivity index (χ0n) is 30.3. The summed E-state index contributed by atoms with van der Waals surface area (Å²) in [5.74, 6) is 1.27. The third kappa shape index (κ3) is 6.72. The molecular weight excluding hydrogens is 658 g/mol. The van der Waals surface area contributed by atoms with Crippen molar-refractivity contribution >= 4 is 39.8 Å². The van der Waals surface area contributed by atoms with Gasteiger partial charge in [0, 0.05) is 24.2 Å². The van der Waals surface area contributed by atoms with Crippen molar-refractivity contribution in [3.8, 4) is 22.5 Å². The number of fused-ring (bicyclic) bond motifs is 2. The summed E-state index contributed by atoms with van der Waals surface area (Å²) < 4.78 is 4.76. The van der Waals surface area contributed by atoms with Gasteiger partial charge in [-0.1, -0.05) is 52.0 Å². The van der Waals surface area contributed by atoms with Gasteiger partial charge in [-0.25, -0.2) is 19.7 Å². The average Bonchev–Trinajstić information content (AvgIpc) is 3.97. The number of imidazole rings is 2. The van der Waals surface area contributed by atoms with Gasteiger partial charge in [-0.3, -0.25) is 9.59 Å². The maximum Gasteiger partial charge on any atom is 0.407 e. The number of aromatic amines is 2. The molecule has 272 valence electrons.